The number of carbonyl (C=O) groups excluding carboxylic acids is 5. The van der Waals surface area contributed by atoms with Crippen LogP contribution in [0.1, 0.15) is 77.5 Å². The van der Waals surface area contributed by atoms with Crippen LogP contribution in [0.3, 0.4) is 0 Å². The molecule has 1 saturated carbocycles. The monoisotopic (exact) mass is 681 g/mol. The van der Waals surface area contributed by atoms with Gasteiger partial charge in [0.1, 0.15) is 18.7 Å². The number of aromatic nitrogens is 2. The van der Waals surface area contributed by atoms with Gasteiger partial charge in [-0.1, -0.05) is 39.8 Å². The molecular weight excluding hydrogens is 630 g/mol. The summed E-state index contributed by atoms with van der Waals surface area (Å²) >= 11 is 0. The van der Waals surface area contributed by atoms with Crippen LogP contribution in [0, 0.1) is 11.3 Å². The summed E-state index contributed by atoms with van der Waals surface area (Å²) in [6.45, 7) is 7.48. The molecule has 14 heteroatoms. The maximum absolute atomic E-state index is 13.1. The Kier molecular flexibility index (Phi) is 14.7. The van der Waals surface area contributed by atoms with E-state index in [1.54, 1.807) is 30.5 Å². The van der Waals surface area contributed by atoms with E-state index in [0.717, 1.165) is 0 Å². The zero-order valence-corrected chi connectivity index (χ0v) is 28.8. The van der Waals surface area contributed by atoms with E-state index in [1.807, 2.05) is 27.7 Å². The highest BCUT2D eigenvalue weighted by Gasteiger charge is 2.37. The number of nitrogens with one attached hydrogen (secondary N) is 4. The Balaban J connectivity index is 1.63. The van der Waals surface area contributed by atoms with E-state index in [4.69, 9.17) is 16.2 Å². The van der Waals surface area contributed by atoms with Crippen molar-refractivity contribution in [3.8, 4) is 0 Å². The Labute approximate surface area is 287 Å². The van der Waals surface area contributed by atoms with Crippen molar-refractivity contribution >= 4 is 35.0 Å². The number of aliphatic hydroxyl groups is 1. The molecule has 0 bridgehead atoms. The molecule has 0 aliphatic heterocycles. The quantitative estimate of drug-likeness (QED) is 0.0519. The number of esters is 1. The molecule has 14 nitrogen and oxygen atoms in total. The predicted molar refractivity (Wildman–Crippen MR) is 183 cm³/mol. The highest BCUT2D eigenvalue weighted by atomic mass is 16.5. The number of anilines is 1. The Hall–Kier alpha value is -4.40. The number of nitrogens with two attached hydrogens (primary N) is 2. The smallest absolute Gasteiger partial charge is 0.328 e. The third kappa shape index (κ3) is 12.2. The largest absolute Gasteiger partial charge is 0.459 e. The highest BCUT2D eigenvalue weighted by molar-refractivity contribution is 6.23. The van der Waals surface area contributed by atoms with Gasteiger partial charge in [0, 0.05) is 36.8 Å². The molecule has 1 aliphatic rings. The van der Waals surface area contributed by atoms with Crippen molar-refractivity contribution in [2.45, 2.75) is 97.4 Å². The molecule has 1 aromatic carbocycles. The number of benzene rings is 1. The molecule has 268 valence electrons. The number of aromatic amines is 1. The van der Waals surface area contributed by atoms with Crippen LogP contribution in [-0.2, 0) is 41.7 Å². The Morgan fingerprint density at radius 2 is 1.67 bits per heavy atom. The average molecular weight is 682 g/mol. The van der Waals surface area contributed by atoms with Crippen molar-refractivity contribution in [2.75, 3.05) is 18.5 Å². The first-order chi connectivity index (χ1) is 23.2. The summed E-state index contributed by atoms with van der Waals surface area (Å²) in [6, 6.07) is 3.65. The number of unbranched alkanes of at least 4 members (excludes halogenated alkanes) is 1. The molecule has 9 N–H and O–H groups in total. The number of amides is 2. The fourth-order valence-corrected chi connectivity index (χ4v) is 5.55. The van der Waals surface area contributed by atoms with Crippen molar-refractivity contribution in [3.05, 3.63) is 59.3 Å². The zero-order valence-electron chi connectivity index (χ0n) is 28.8. The number of hydrogen-bond donors (Lipinski definition) is 7. The summed E-state index contributed by atoms with van der Waals surface area (Å²) in [7, 11) is 0. The summed E-state index contributed by atoms with van der Waals surface area (Å²) < 4.78 is 5.55. The molecule has 0 radical (unpaired) electrons. The van der Waals surface area contributed by atoms with Gasteiger partial charge < -0.3 is 42.2 Å². The van der Waals surface area contributed by atoms with Gasteiger partial charge in [-0.2, -0.15) is 0 Å². The van der Waals surface area contributed by atoms with Crippen LogP contribution in [0.2, 0.25) is 0 Å². The van der Waals surface area contributed by atoms with Crippen molar-refractivity contribution in [2.24, 2.45) is 22.8 Å². The van der Waals surface area contributed by atoms with E-state index in [9.17, 15) is 29.1 Å². The standard InChI is InChI=1S/C35H51N7O7/c1-21(2)13-27(31-29(44)15-35(3,4)16-30(31)45)40-23-10-8-22(9-11-23)19-49-34(48)26(7-5-6-12-36)41-33(47)28(18-43)42-32(46)25(37)14-24-17-38-20-39-24/h8-11,17,20-21,25-26,28,40,43H,5-7,12-16,18-19,36-37H2,1-4H3,(H,38,39)(H,41,47)(H,42,46)/t25-,26-,28+/m0/s1. The lowest BCUT2D eigenvalue weighted by Crippen LogP contribution is -2.56. The Morgan fingerprint density at radius 1 is 1.02 bits per heavy atom. The topological polar surface area (TPSA) is 232 Å². The summed E-state index contributed by atoms with van der Waals surface area (Å²) in [5, 5.41) is 18.1. The first-order valence-electron chi connectivity index (χ1n) is 16.7. The van der Waals surface area contributed by atoms with Gasteiger partial charge in [0.15, 0.2) is 11.6 Å². The van der Waals surface area contributed by atoms with E-state index < -0.39 is 42.5 Å². The second kappa shape index (κ2) is 18.4. The van der Waals surface area contributed by atoms with Crippen LogP contribution >= 0.6 is 0 Å². The minimum atomic E-state index is -1.34. The van der Waals surface area contributed by atoms with Crippen LogP contribution in [-0.4, -0.2) is 75.7 Å². The van der Waals surface area contributed by atoms with Gasteiger partial charge in [0.25, 0.3) is 0 Å². The molecule has 1 heterocycles. The maximum Gasteiger partial charge on any atom is 0.328 e. The molecule has 1 aromatic heterocycles. The van der Waals surface area contributed by atoms with Crippen LogP contribution in [0.25, 0.3) is 0 Å². The van der Waals surface area contributed by atoms with Crippen LogP contribution < -0.4 is 27.4 Å². The summed E-state index contributed by atoms with van der Waals surface area (Å²) in [6.07, 6.45) is 5.69. The zero-order chi connectivity index (χ0) is 36.1. The van der Waals surface area contributed by atoms with Crippen LogP contribution in [0.4, 0.5) is 5.69 Å². The summed E-state index contributed by atoms with van der Waals surface area (Å²) in [5.74, 6) is -2.21. The van der Waals surface area contributed by atoms with E-state index in [1.165, 1.54) is 6.33 Å². The van der Waals surface area contributed by atoms with E-state index in [-0.39, 0.29) is 47.9 Å². The number of H-pyrrole nitrogens is 1. The lowest BCUT2D eigenvalue weighted by molar-refractivity contribution is -0.149. The molecule has 0 spiro atoms. The number of carbonyl (C=O) groups is 5. The third-order valence-electron chi connectivity index (χ3n) is 8.06. The third-order valence-corrected chi connectivity index (χ3v) is 8.06. The number of ketones is 2. The lowest BCUT2D eigenvalue weighted by atomic mass is 9.73. The van der Waals surface area contributed by atoms with E-state index in [2.05, 4.69) is 25.9 Å². The SMILES string of the molecule is CC(C)CC(Nc1ccc(COC(=O)[C@H](CCCCN)NC(=O)[C@@H](CO)NC(=O)[C@@H](N)Cc2c[nH]cn2)cc1)=C1C(=O)CC(C)(C)CC1=O. The number of Topliss-reactive ketones (excluding diaryl/α,β-unsaturated/α-hetero) is 2. The molecular formula is C35H51N7O7. The van der Waals surface area contributed by atoms with Crippen LogP contribution in [0.5, 0.6) is 0 Å². The second-order valence-electron chi connectivity index (χ2n) is 13.7. The molecule has 2 amide bonds. The summed E-state index contributed by atoms with van der Waals surface area (Å²) in [4.78, 5) is 71.5. The number of ether oxygens (including phenoxy) is 1. The highest BCUT2D eigenvalue weighted by Crippen LogP contribution is 2.36. The first-order valence-corrected chi connectivity index (χ1v) is 16.7. The normalized spacial score (nSPS) is 16.1. The van der Waals surface area contributed by atoms with Gasteiger partial charge in [-0.05, 0) is 61.3 Å². The molecule has 0 unspecified atom stereocenters. The van der Waals surface area contributed by atoms with Gasteiger partial charge in [-0.25, -0.2) is 9.78 Å². The Morgan fingerprint density at radius 3 is 2.24 bits per heavy atom. The number of nitrogens with zero attached hydrogens (tertiary/aromatic N) is 1. The molecule has 49 heavy (non-hydrogen) atoms. The molecule has 2 aromatic rings. The number of allylic oxidation sites excluding steroid dienone is 2. The lowest BCUT2D eigenvalue weighted by Gasteiger charge is -2.30. The van der Waals surface area contributed by atoms with Crippen molar-refractivity contribution in [3.63, 3.8) is 0 Å². The second-order valence-corrected chi connectivity index (χ2v) is 13.7. The molecule has 1 aliphatic carbocycles. The molecule has 3 atom stereocenters. The van der Waals surface area contributed by atoms with Crippen molar-refractivity contribution in [1.82, 2.24) is 20.6 Å². The number of imidazole rings is 1. The minimum absolute atomic E-state index is 0.0867. The minimum Gasteiger partial charge on any atom is -0.459 e. The van der Waals surface area contributed by atoms with Gasteiger partial charge in [0.05, 0.1) is 30.2 Å². The number of rotatable bonds is 18. The van der Waals surface area contributed by atoms with Gasteiger partial charge in [-0.15, -0.1) is 0 Å². The summed E-state index contributed by atoms with van der Waals surface area (Å²) in [5.41, 5.74) is 14.0. The van der Waals surface area contributed by atoms with Crippen molar-refractivity contribution < 1.29 is 33.8 Å². The van der Waals surface area contributed by atoms with E-state index >= 15 is 0 Å². The average Bonchev–Trinajstić information content (AvgIpc) is 3.54. The van der Waals surface area contributed by atoms with Crippen LogP contribution in [0.15, 0.2) is 48.1 Å². The Bertz CT molecular complexity index is 1450. The van der Waals surface area contributed by atoms with Gasteiger partial charge in [-0.3, -0.25) is 19.2 Å². The number of aliphatic hydroxyl groups excluding tert-OH is 1. The number of hydrogen-bond acceptors (Lipinski definition) is 11. The molecule has 0 saturated heterocycles. The molecule has 1 fully saturated rings. The maximum atomic E-state index is 13.1. The van der Waals surface area contributed by atoms with Crippen molar-refractivity contribution in [1.29, 1.82) is 0 Å². The fraction of sp³-hybridized carbons (Fsp3) is 0.543. The van der Waals surface area contributed by atoms with Gasteiger partial charge in [0.2, 0.25) is 11.8 Å². The fourth-order valence-electron chi connectivity index (χ4n) is 5.55. The molecule has 3 rings (SSSR count). The van der Waals surface area contributed by atoms with E-state index in [0.29, 0.717) is 61.3 Å². The first kappa shape index (κ1) is 39.0. The van der Waals surface area contributed by atoms with Gasteiger partial charge >= 0.3 is 5.97 Å². The predicted octanol–water partition coefficient (Wildman–Crippen LogP) is 1.78.